The summed E-state index contributed by atoms with van der Waals surface area (Å²) in [5.41, 5.74) is 1.50. The Kier molecular flexibility index (Phi) is 5.56. The zero-order chi connectivity index (χ0) is 20.5. The van der Waals surface area contributed by atoms with Gasteiger partial charge in [0.05, 0.1) is 6.04 Å². The average molecular weight is 444 g/mol. The van der Waals surface area contributed by atoms with Crippen molar-refractivity contribution in [1.82, 2.24) is 15.5 Å². The molecule has 4 amide bonds. The van der Waals surface area contributed by atoms with Gasteiger partial charge in [-0.1, -0.05) is 52.3 Å². The highest BCUT2D eigenvalue weighted by atomic mass is 79.9. The molecule has 0 saturated carbocycles. The number of nitrogens with zero attached hydrogens (tertiary/aromatic N) is 1. The van der Waals surface area contributed by atoms with E-state index in [0.717, 1.165) is 20.5 Å². The Balaban J connectivity index is 1.72. The van der Waals surface area contributed by atoms with Gasteiger partial charge in [0, 0.05) is 4.47 Å². The van der Waals surface area contributed by atoms with E-state index >= 15 is 0 Å². The van der Waals surface area contributed by atoms with Gasteiger partial charge in [-0.2, -0.15) is 0 Å². The van der Waals surface area contributed by atoms with E-state index in [2.05, 4.69) is 26.6 Å². The Morgan fingerprint density at radius 1 is 1.21 bits per heavy atom. The molecule has 7 heteroatoms. The molecule has 28 heavy (non-hydrogen) atoms. The van der Waals surface area contributed by atoms with E-state index in [-0.39, 0.29) is 12.6 Å². The minimum atomic E-state index is -1.21. The van der Waals surface area contributed by atoms with Gasteiger partial charge in [0.15, 0.2) is 0 Å². The van der Waals surface area contributed by atoms with Gasteiger partial charge in [-0.25, -0.2) is 4.79 Å². The Morgan fingerprint density at radius 2 is 1.93 bits per heavy atom. The molecule has 1 saturated heterocycles. The van der Waals surface area contributed by atoms with Crippen LogP contribution in [0.4, 0.5) is 4.79 Å². The van der Waals surface area contributed by atoms with Gasteiger partial charge < -0.3 is 10.6 Å². The van der Waals surface area contributed by atoms with Crippen LogP contribution in [0.3, 0.4) is 0 Å². The molecule has 3 rings (SSSR count). The summed E-state index contributed by atoms with van der Waals surface area (Å²) in [6, 6.07) is 14.1. The summed E-state index contributed by atoms with van der Waals surface area (Å²) in [4.78, 5) is 38.8. The number of nitrogens with one attached hydrogen (secondary N) is 2. The lowest BCUT2D eigenvalue weighted by Gasteiger charge is -2.23. The summed E-state index contributed by atoms with van der Waals surface area (Å²) in [5.74, 6) is -0.841. The van der Waals surface area contributed by atoms with E-state index in [1.165, 1.54) is 0 Å². The molecule has 0 radical (unpaired) electrons. The van der Waals surface area contributed by atoms with Crippen molar-refractivity contribution in [3.05, 3.63) is 69.7 Å². The number of aryl methyl sites for hydroxylation is 1. The zero-order valence-corrected chi connectivity index (χ0v) is 17.5. The molecule has 0 bridgehead atoms. The third-order valence-electron chi connectivity index (χ3n) is 5.01. The third-order valence-corrected chi connectivity index (χ3v) is 5.50. The van der Waals surface area contributed by atoms with Crippen molar-refractivity contribution in [2.24, 2.45) is 0 Å². The average Bonchev–Trinajstić information content (AvgIpc) is 2.86. The molecular formula is C21H22BrN3O3. The van der Waals surface area contributed by atoms with Crippen LogP contribution in [-0.2, 0) is 15.1 Å². The number of hydrogen-bond acceptors (Lipinski definition) is 3. The molecule has 1 fully saturated rings. The van der Waals surface area contributed by atoms with E-state index in [4.69, 9.17) is 0 Å². The Bertz CT molecular complexity index is 946. The number of benzene rings is 2. The summed E-state index contributed by atoms with van der Waals surface area (Å²) in [6.45, 7) is 5.16. The zero-order valence-electron chi connectivity index (χ0n) is 16.0. The second kappa shape index (κ2) is 7.75. The lowest BCUT2D eigenvalue weighted by molar-refractivity contribution is -0.135. The summed E-state index contributed by atoms with van der Waals surface area (Å²) in [7, 11) is 0. The molecule has 6 nitrogen and oxygen atoms in total. The number of imide groups is 1. The van der Waals surface area contributed by atoms with E-state index in [1.807, 2.05) is 44.2 Å². The molecule has 0 spiro atoms. The molecule has 2 N–H and O–H groups in total. The number of halogens is 1. The van der Waals surface area contributed by atoms with Gasteiger partial charge in [-0.05, 0) is 49.6 Å². The Morgan fingerprint density at radius 3 is 2.61 bits per heavy atom. The number of carbonyl (C=O) groups is 3. The summed E-state index contributed by atoms with van der Waals surface area (Å²) < 4.78 is 0.802. The highest BCUT2D eigenvalue weighted by molar-refractivity contribution is 9.10. The van der Waals surface area contributed by atoms with Gasteiger partial charge in [-0.15, -0.1) is 0 Å². The van der Waals surface area contributed by atoms with Crippen molar-refractivity contribution >= 4 is 33.8 Å². The predicted molar refractivity (Wildman–Crippen MR) is 109 cm³/mol. The minimum Gasteiger partial charge on any atom is -0.348 e. The van der Waals surface area contributed by atoms with Crippen molar-refractivity contribution in [3.63, 3.8) is 0 Å². The van der Waals surface area contributed by atoms with Crippen molar-refractivity contribution in [1.29, 1.82) is 0 Å². The molecule has 2 atom stereocenters. The molecule has 0 aromatic heterocycles. The quantitative estimate of drug-likeness (QED) is 0.694. The van der Waals surface area contributed by atoms with Crippen LogP contribution in [0.5, 0.6) is 0 Å². The van der Waals surface area contributed by atoms with Crippen LogP contribution in [0.1, 0.15) is 36.6 Å². The fourth-order valence-corrected chi connectivity index (χ4v) is 3.82. The van der Waals surface area contributed by atoms with E-state index in [0.29, 0.717) is 5.56 Å². The normalized spacial score (nSPS) is 20.1. The lowest BCUT2D eigenvalue weighted by atomic mass is 9.92. The fraction of sp³-hybridized carbons (Fsp3) is 0.286. The maximum Gasteiger partial charge on any atom is 0.325 e. The molecule has 0 aliphatic carbocycles. The van der Waals surface area contributed by atoms with Crippen molar-refractivity contribution in [3.8, 4) is 0 Å². The van der Waals surface area contributed by atoms with Crippen molar-refractivity contribution in [2.45, 2.75) is 32.4 Å². The SMILES string of the molecule is Cc1ccccc1C(C)NC(=O)CN1C(=O)NC(C)(c2cccc(Br)c2)C1=O. The first-order valence-electron chi connectivity index (χ1n) is 8.97. The number of urea groups is 1. The van der Waals surface area contributed by atoms with Crippen LogP contribution >= 0.6 is 15.9 Å². The molecule has 1 aliphatic heterocycles. The smallest absolute Gasteiger partial charge is 0.325 e. The third kappa shape index (κ3) is 3.80. The van der Waals surface area contributed by atoms with Crippen LogP contribution in [0, 0.1) is 6.92 Å². The fourth-order valence-electron chi connectivity index (χ4n) is 3.42. The lowest BCUT2D eigenvalue weighted by Crippen LogP contribution is -2.43. The van der Waals surface area contributed by atoms with Crippen molar-refractivity contribution < 1.29 is 14.4 Å². The first-order chi connectivity index (χ1) is 13.2. The molecule has 1 heterocycles. The maximum absolute atomic E-state index is 12.9. The van der Waals surface area contributed by atoms with Crippen molar-refractivity contribution in [2.75, 3.05) is 6.54 Å². The second-order valence-electron chi connectivity index (χ2n) is 7.10. The second-order valence-corrected chi connectivity index (χ2v) is 8.02. The number of hydrogen-bond donors (Lipinski definition) is 2. The Labute approximate surface area is 172 Å². The highest BCUT2D eigenvalue weighted by Crippen LogP contribution is 2.30. The van der Waals surface area contributed by atoms with Gasteiger partial charge in [0.25, 0.3) is 5.91 Å². The van der Waals surface area contributed by atoms with Crippen LogP contribution in [-0.4, -0.2) is 29.3 Å². The molecule has 2 aromatic rings. The number of amides is 4. The van der Waals surface area contributed by atoms with Crippen LogP contribution in [0.25, 0.3) is 0 Å². The van der Waals surface area contributed by atoms with Gasteiger partial charge in [-0.3, -0.25) is 14.5 Å². The number of carbonyl (C=O) groups excluding carboxylic acids is 3. The topological polar surface area (TPSA) is 78.5 Å². The predicted octanol–water partition coefficient (Wildman–Crippen LogP) is 3.40. The van der Waals surface area contributed by atoms with E-state index < -0.39 is 23.4 Å². The van der Waals surface area contributed by atoms with Gasteiger partial charge in [0.2, 0.25) is 5.91 Å². The van der Waals surface area contributed by atoms with Crippen LogP contribution in [0.2, 0.25) is 0 Å². The first kappa shape index (κ1) is 20.1. The van der Waals surface area contributed by atoms with Gasteiger partial charge in [0.1, 0.15) is 12.1 Å². The Hall–Kier alpha value is -2.67. The largest absolute Gasteiger partial charge is 0.348 e. The van der Waals surface area contributed by atoms with E-state index in [9.17, 15) is 14.4 Å². The summed E-state index contributed by atoms with van der Waals surface area (Å²) in [5, 5.41) is 5.57. The van der Waals surface area contributed by atoms with Crippen LogP contribution in [0.15, 0.2) is 53.0 Å². The monoisotopic (exact) mass is 443 g/mol. The molecule has 2 unspecified atom stereocenters. The molecule has 1 aliphatic rings. The summed E-state index contributed by atoms with van der Waals surface area (Å²) in [6.07, 6.45) is 0. The first-order valence-corrected chi connectivity index (χ1v) is 9.76. The maximum atomic E-state index is 12.9. The summed E-state index contributed by atoms with van der Waals surface area (Å²) >= 11 is 3.38. The van der Waals surface area contributed by atoms with Crippen LogP contribution < -0.4 is 10.6 Å². The van der Waals surface area contributed by atoms with Gasteiger partial charge >= 0.3 is 6.03 Å². The van der Waals surface area contributed by atoms with E-state index in [1.54, 1.807) is 25.1 Å². The molecule has 2 aromatic carbocycles. The molecule has 146 valence electrons. The minimum absolute atomic E-state index is 0.231. The standard InChI is InChI=1S/C21H22BrN3O3/c1-13-7-4-5-10-17(13)14(2)23-18(26)12-25-19(27)21(3,24-20(25)28)15-8-6-9-16(22)11-15/h4-11,14H,12H2,1-3H3,(H,23,26)(H,24,28). The highest BCUT2D eigenvalue weighted by Gasteiger charge is 2.49. The number of rotatable bonds is 5. The molecular weight excluding hydrogens is 422 g/mol.